The van der Waals surface area contributed by atoms with Gasteiger partial charge >= 0.3 is 5.97 Å². The second-order valence-corrected chi connectivity index (χ2v) is 0.552. The fourth-order valence-electron chi connectivity index (χ4n) is 0. The molecule has 2 N–H and O–H groups in total. The third kappa shape index (κ3) is 8.83. The molecule has 0 unspecified atom stereocenters. The van der Waals surface area contributed by atoms with E-state index < -0.39 is 12.6 Å². The van der Waals surface area contributed by atoms with Crippen molar-refractivity contribution in [2.45, 2.75) is 0 Å². The number of carboxylic acids is 1. The maximum atomic E-state index is 9.12. The molecule has 0 aromatic carbocycles. The molecule has 0 aliphatic heterocycles. The number of aliphatic hydroxyl groups is 1. The average Bonchev–Trinajstić information content (AvgIpc) is 1.38. The third-order valence-corrected chi connectivity index (χ3v) is 0.135. The Kier molecular flexibility index (Phi) is 9.34. The SMILES string of the molecule is O=C(O)CO.[Ca]. The van der Waals surface area contributed by atoms with E-state index in [0.717, 1.165) is 0 Å². The van der Waals surface area contributed by atoms with Crippen molar-refractivity contribution in [3.8, 4) is 0 Å². The Balaban J connectivity index is 0. The normalized spacial score (nSPS) is 6.17. The standard InChI is InChI=1S/C2H4O3.Ca/c3-1-2(4)5;/h3H,1H2,(H,4,5);. The summed E-state index contributed by atoms with van der Waals surface area (Å²) >= 11 is 0. The molecular weight excluding hydrogens is 112 g/mol. The van der Waals surface area contributed by atoms with Crippen LogP contribution in [0.2, 0.25) is 0 Å². The zero-order valence-electron chi connectivity index (χ0n) is 3.22. The third-order valence-electron chi connectivity index (χ3n) is 0.135. The van der Waals surface area contributed by atoms with Crippen molar-refractivity contribution >= 4 is 43.7 Å². The van der Waals surface area contributed by atoms with Crippen LogP contribution in [0, 0.1) is 0 Å². The number of carboxylic acid groups (broad SMARTS) is 1. The van der Waals surface area contributed by atoms with Crippen LogP contribution in [0.5, 0.6) is 0 Å². The zero-order valence-corrected chi connectivity index (χ0v) is 5.43. The van der Waals surface area contributed by atoms with E-state index in [1.165, 1.54) is 0 Å². The molecule has 3 nitrogen and oxygen atoms in total. The molecule has 0 amide bonds. The quantitative estimate of drug-likeness (QED) is 0.418. The van der Waals surface area contributed by atoms with Crippen molar-refractivity contribution in [1.82, 2.24) is 0 Å². The summed E-state index contributed by atoms with van der Waals surface area (Å²) in [5.41, 5.74) is 0. The Labute approximate surface area is 65.0 Å². The van der Waals surface area contributed by atoms with E-state index in [9.17, 15) is 0 Å². The van der Waals surface area contributed by atoms with Gasteiger partial charge < -0.3 is 10.2 Å². The molecule has 2 radical (unpaired) electrons. The van der Waals surface area contributed by atoms with E-state index >= 15 is 0 Å². The monoisotopic (exact) mass is 116 g/mol. The Morgan fingerprint density at radius 2 is 1.83 bits per heavy atom. The van der Waals surface area contributed by atoms with Gasteiger partial charge in [-0.05, 0) is 0 Å². The van der Waals surface area contributed by atoms with Gasteiger partial charge in [0.05, 0.1) is 0 Å². The van der Waals surface area contributed by atoms with Gasteiger partial charge in [-0.25, -0.2) is 4.79 Å². The molecule has 0 heterocycles. The van der Waals surface area contributed by atoms with E-state index in [1.54, 1.807) is 0 Å². The van der Waals surface area contributed by atoms with Crippen LogP contribution in [-0.2, 0) is 4.79 Å². The predicted octanol–water partition coefficient (Wildman–Crippen LogP) is -1.32. The number of hydrogen-bond acceptors (Lipinski definition) is 2. The smallest absolute Gasteiger partial charge is 0.329 e. The first-order valence-corrected chi connectivity index (χ1v) is 1.10. The van der Waals surface area contributed by atoms with Gasteiger partial charge in [0, 0.05) is 37.7 Å². The summed E-state index contributed by atoms with van der Waals surface area (Å²) in [6, 6.07) is 0. The van der Waals surface area contributed by atoms with Gasteiger partial charge in [-0.2, -0.15) is 0 Å². The molecule has 0 atom stereocenters. The summed E-state index contributed by atoms with van der Waals surface area (Å²) in [5.74, 6) is -1.19. The van der Waals surface area contributed by atoms with Gasteiger partial charge in [-0.15, -0.1) is 0 Å². The average molecular weight is 116 g/mol. The summed E-state index contributed by atoms with van der Waals surface area (Å²) in [6.45, 7) is -0.778. The van der Waals surface area contributed by atoms with Gasteiger partial charge in [0.15, 0.2) is 0 Å². The molecule has 0 saturated carbocycles. The van der Waals surface area contributed by atoms with Crippen molar-refractivity contribution in [3.63, 3.8) is 0 Å². The van der Waals surface area contributed by atoms with Crippen molar-refractivity contribution < 1.29 is 15.0 Å². The van der Waals surface area contributed by atoms with Crippen LogP contribution >= 0.6 is 0 Å². The maximum Gasteiger partial charge on any atom is 0.329 e. The summed E-state index contributed by atoms with van der Waals surface area (Å²) in [7, 11) is 0. The molecule has 0 aromatic rings. The van der Waals surface area contributed by atoms with E-state index in [1.807, 2.05) is 0 Å². The largest absolute Gasteiger partial charge is 0.480 e. The van der Waals surface area contributed by atoms with Crippen molar-refractivity contribution in [2.75, 3.05) is 6.61 Å². The topological polar surface area (TPSA) is 57.5 Å². The van der Waals surface area contributed by atoms with Crippen molar-refractivity contribution in [2.24, 2.45) is 0 Å². The fraction of sp³-hybridized carbons (Fsp3) is 0.500. The minimum atomic E-state index is -1.19. The number of rotatable bonds is 1. The van der Waals surface area contributed by atoms with Crippen molar-refractivity contribution in [1.29, 1.82) is 0 Å². The first-order chi connectivity index (χ1) is 2.27. The number of aliphatic carboxylic acids is 1. The molecule has 0 fully saturated rings. The van der Waals surface area contributed by atoms with Crippen LogP contribution in [0.4, 0.5) is 0 Å². The number of hydrogen-bond donors (Lipinski definition) is 2. The minimum Gasteiger partial charge on any atom is -0.480 e. The second kappa shape index (κ2) is 5.69. The van der Waals surface area contributed by atoms with E-state index in [4.69, 9.17) is 15.0 Å². The van der Waals surface area contributed by atoms with Crippen LogP contribution < -0.4 is 0 Å². The van der Waals surface area contributed by atoms with Gasteiger partial charge in [0.2, 0.25) is 0 Å². The molecule has 0 rings (SSSR count). The molecule has 0 spiro atoms. The van der Waals surface area contributed by atoms with Crippen molar-refractivity contribution in [3.05, 3.63) is 0 Å². The molecule has 6 heavy (non-hydrogen) atoms. The maximum absolute atomic E-state index is 9.12. The fourth-order valence-corrected chi connectivity index (χ4v) is 0. The van der Waals surface area contributed by atoms with Crippen LogP contribution in [0.25, 0.3) is 0 Å². The summed E-state index contributed by atoms with van der Waals surface area (Å²) in [6.07, 6.45) is 0. The first-order valence-electron chi connectivity index (χ1n) is 1.10. The first kappa shape index (κ1) is 9.85. The van der Waals surface area contributed by atoms with E-state index in [-0.39, 0.29) is 37.7 Å². The molecule has 0 bridgehead atoms. The molecule has 0 aliphatic rings. The minimum absolute atomic E-state index is 0. The summed E-state index contributed by atoms with van der Waals surface area (Å²) < 4.78 is 0. The number of carbonyl (C=O) groups is 1. The summed E-state index contributed by atoms with van der Waals surface area (Å²) in [5, 5.41) is 15.0. The molecule has 4 heteroatoms. The molecule has 0 aliphatic carbocycles. The molecular formula is C2H4CaO3. The predicted molar refractivity (Wildman–Crippen MR) is 20.5 cm³/mol. The van der Waals surface area contributed by atoms with Crippen LogP contribution in [0.15, 0.2) is 0 Å². The Morgan fingerprint density at radius 1 is 1.67 bits per heavy atom. The zero-order chi connectivity index (χ0) is 4.28. The van der Waals surface area contributed by atoms with E-state index in [2.05, 4.69) is 0 Å². The molecule has 32 valence electrons. The number of aliphatic hydroxyl groups excluding tert-OH is 1. The Bertz CT molecular complexity index is 44.1. The second-order valence-electron chi connectivity index (χ2n) is 0.552. The van der Waals surface area contributed by atoms with E-state index in [0.29, 0.717) is 0 Å². The van der Waals surface area contributed by atoms with Gasteiger partial charge in [-0.1, -0.05) is 0 Å². The van der Waals surface area contributed by atoms with Gasteiger partial charge in [-0.3, -0.25) is 0 Å². The van der Waals surface area contributed by atoms with Gasteiger partial charge in [0.1, 0.15) is 6.61 Å². The van der Waals surface area contributed by atoms with Crippen LogP contribution in [0.3, 0.4) is 0 Å². The Morgan fingerprint density at radius 3 is 1.83 bits per heavy atom. The molecule has 0 saturated heterocycles. The van der Waals surface area contributed by atoms with Crippen LogP contribution in [-0.4, -0.2) is 60.5 Å². The van der Waals surface area contributed by atoms with Crippen LogP contribution in [0.1, 0.15) is 0 Å². The molecule has 0 aromatic heterocycles. The van der Waals surface area contributed by atoms with Gasteiger partial charge in [0.25, 0.3) is 0 Å². The Hall–Kier alpha value is 0.690. The summed E-state index contributed by atoms with van der Waals surface area (Å²) in [4.78, 5) is 9.12.